The number of tetrazole rings is 1. The molecular formula is C15H18N6. The smallest absolute Gasteiger partial charge is 0.162 e. The van der Waals surface area contributed by atoms with Gasteiger partial charge in [0.05, 0.1) is 5.69 Å². The molecule has 21 heavy (non-hydrogen) atoms. The molecule has 108 valence electrons. The molecule has 0 fully saturated rings. The maximum atomic E-state index is 4.59. The molecule has 0 N–H and O–H groups in total. The van der Waals surface area contributed by atoms with Crippen molar-refractivity contribution >= 4 is 10.8 Å². The Labute approximate surface area is 123 Å². The van der Waals surface area contributed by atoms with Gasteiger partial charge in [-0.3, -0.25) is 4.98 Å². The molecule has 3 aromatic rings. The van der Waals surface area contributed by atoms with E-state index in [1.165, 1.54) is 11.7 Å². The van der Waals surface area contributed by atoms with Crippen LogP contribution in [0.5, 0.6) is 0 Å². The highest BCUT2D eigenvalue weighted by molar-refractivity contribution is 5.84. The Morgan fingerprint density at radius 3 is 2.81 bits per heavy atom. The molecule has 6 heteroatoms. The number of hydrogen-bond acceptors (Lipinski definition) is 5. The number of pyridine rings is 1. The maximum absolute atomic E-state index is 4.59. The minimum atomic E-state index is -0.0130. The fourth-order valence-electron chi connectivity index (χ4n) is 2.47. The number of hydrogen-bond donors (Lipinski definition) is 0. The number of benzene rings is 1. The van der Waals surface area contributed by atoms with E-state index < -0.39 is 0 Å². The highest BCUT2D eigenvalue weighted by Gasteiger charge is 2.20. The second kappa shape index (κ2) is 5.97. The lowest BCUT2D eigenvalue weighted by Gasteiger charge is -2.19. The third kappa shape index (κ3) is 2.90. The van der Waals surface area contributed by atoms with Crippen molar-refractivity contribution in [1.82, 2.24) is 30.1 Å². The molecule has 2 heterocycles. The van der Waals surface area contributed by atoms with E-state index in [-0.39, 0.29) is 6.04 Å². The average Bonchev–Trinajstić information content (AvgIpc) is 3.01. The molecule has 0 radical (unpaired) electrons. The minimum Gasteiger partial charge on any atom is -0.309 e. The monoisotopic (exact) mass is 282 g/mol. The standard InChI is InChI=1S/C15H18N6/c1-20(2)10-8-14(21-18-11-17-19-21)15-13-6-4-3-5-12(13)7-9-16-15/h3-7,9,11,14H,8,10H2,1-2H3. The van der Waals surface area contributed by atoms with Gasteiger partial charge >= 0.3 is 0 Å². The van der Waals surface area contributed by atoms with Gasteiger partial charge in [-0.15, -0.1) is 10.2 Å². The summed E-state index contributed by atoms with van der Waals surface area (Å²) in [5.74, 6) is 0. The lowest BCUT2D eigenvalue weighted by molar-refractivity contribution is 0.337. The number of nitrogens with zero attached hydrogens (tertiary/aromatic N) is 6. The second-order valence-corrected chi connectivity index (χ2v) is 5.28. The SMILES string of the molecule is CN(C)CCC(c1nccc2ccccc12)n1ncnn1. The van der Waals surface area contributed by atoms with E-state index in [9.17, 15) is 0 Å². The topological polar surface area (TPSA) is 59.7 Å². The lowest BCUT2D eigenvalue weighted by Crippen LogP contribution is -2.22. The molecule has 3 rings (SSSR count). The van der Waals surface area contributed by atoms with Crippen molar-refractivity contribution in [3.8, 4) is 0 Å². The largest absolute Gasteiger partial charge is 0.309 e. The summed E-state index contributed by atoms with van der Waals surface area (Å²) in [5.41, 5.74) is 0.993. The van der Waals surface area contributed by atoms with Crippen LogP contribution in [0.25, 0.3) is 10.8 Å². The van der Waals surface area contributed by atoms with Crippen LogP contribution in [-0.2, 0) is 0 Å². The first kappa shape index (κ1) is 13.6. The first-order valence-corrected chi connectivity index (χ1v) is 6.96. The van der Waals surface area contributed by atoms with Gasteiger partial charge in [-0.25, -0.2) is 0 Å². The van der Waals surface area contributed by atoms with Crippen molar-refractivity contribution in [2.24, 2.45) is 0 Å². The van der Waals surface area contributed by atoms with Crippen LogP contribution in [0.3, 0.4) is 0 Å². The van der Waals surface area contributed by atoms with Crippen LogP contribution < -0.4 is 0 Å². The van der Waals surface area contributed by atoms with Crippen LogP contribution in [-0.4, -0.2) is 50.7 Å². The third-order valence-corrected chi connectivity index (χ3v) is 3.51. The Morgan fingerprint density at radius 2 is 2.05 bits per heavy atom. The normalized spacial score (nSPS) is 12.9. The Bertz CT molecular complexity index is 702. The van der Waals surface area contributed by atoms with Gasteiger partial charge in [0.25, 0.3) is 0 Å². The highest BCUT2D eigenvalue weighted by atomic mass is 15.6. The quantitative estimate of drug-likeness (QED) is 0.713. The predicted molar refractivity (Wildman–Crippen MR) is 80.9 cm³/mol. The van der Waals surface area contributed by atoms with E-state index in [0.717, 1.165) is 24.0 Å². The van der Waals surface area contributed by atoms with Gasteiger partial charge in [0.15, 0.2) is 6.33 Å². The molecule has 6 nitrogen and oxygen atoms in total. The van der Waals surface area contributed by atoms with Crippen LogP contribution in [0, 0.1) is 0 Å². The predicted octanol–water partition coefficient (Wildman–Crippen LogP) is 1.76. The van der Waals surface area contributed by atoms with Crippen molar-refractivity contribution in [1.29, 1.82) is 0 Å². The summed E-state index contributed by atoms with van der Waals surface area (Å²) in [4.78, 5) is 8.39. The maximum Gasteiger partial charge on any atom is 0.162 e. The van der Waals surface area contributed by atoms with E-state index in [0.29, 0.717) is 0 Å². The summed E-state index contributed by atoms with van der Waals surface area (Å²) in [6.45, 7) is 0.928. The molecule has 0 amide bonds. The molecule has 0 aliphatic carbocycles. The molecule has 0 bridgehead atoms. The van der Waals surface area contributed by atoms with E-state index in [2.05, 4.69) is 51.5 Å². The zero-order valence-corrected chi connectivity index (χ0v) is 12.2. The number of fused-ring (bicyclic) bond motifs is 1. The van der Waals surface area contributed by atoms with Gasteiger partial charge in [-0.05, 0) is 37.2 Å². The average molecular weight is 282 g/mol. The zero-order valence-electron chi connectivity index (χ0n) is 12.2. The number of aromatic nitrogens is 5. The van der Waals surface area contributed by atoms with Crippen molar-refractivity contribution in [3.63, 3.8) is 0 Å². The fraction of sp³-hybridized carbons (Fsp3) is 0.333. The van der Waals surface area contributed by atoms with Crippen molar-refractivity contribution in [2.45, 2.75) is 12.5 Å². The summed E-state index contributed by atoms with van der Waals surface area (Å²) in [6.07, 6.45) is 4.19. The molecule has 0 saturated heterocycles. The molecule has 0 saturated carbocycles. The zero-order chi connectivity index (χ0) is 14.7. The summed E-state index contributed by atoms with van der Waals surface area (Å²) in [6, 6.07) is 10.3. The second-order valence-electron chi connectivity index (χ2n) is 5.28. The van der Waals surface area contributed by atoms with E-state index in [1.807, 2.05) is 24.4 Å². The fourth-order valence-corrected chi connectivity index (χ4v) is 2.47. The molecule has 1 aromatic carbocycles. The van der Waals surface area contributed by atoms with E-state index in [1.54, 1.807) is 4.80 Å². The van der Waals surface area contributed by atoms with Crippen LogP contribution in [0.2, 0.25) is 0 Å². The van der Waals surface area contributed by atoms with Gasteiger partial charge in [0.2, 0.25) is 0 Å². The van der Waals surface area contributed by atoms with Crippen LogP contribution in [0.4, 0.5) is 0 Å². The molecule has 0 aliphatic heterocycles. The van der Waals surface area contributed by atoms with Gasteiger partial charge in [0, 0.05) is 18.1 Å². The van der Waals surface area contributed by atoms with Gasteiger partial charge in [-0.1, -0.05) is 24.3 Å². The van der Waals surface area contributed by atoms with Crippen LogP contribution >= 0.6 is 0 Å². The molecule has 1 atom stereocenters. The lowest BCUT2D eigenvalue weighted by atomic mass is 10.0. The number of rotatable bonds is 5. The van der Waals surface area contributed by atoms with Crippen molar-refractivity contribution in [3.05, 3.63) is 48.5 Å². The Morgan fingerprint density at radius 1 is 1.19 bits per heavy atom. The van der Waals surface area contributed by atoms with Crippen molar-refractivity contribution < 1.29 is 0 Å². The third-order valence-electron chi connectivity index (χ3n) is 3.51. The Balaban J connectivity index is 2.06. The minimum absolute atomic E-state index is 0.0130. The molecule has 0 aliphatic rings. The van der Waals surface area contributed by atoms with Crippen molar-refractivity contribution in [2.75, 3.05) is 20.6 Å². The molecule has 1 unspecified atom stereocenters. The first-order valence-electron chi connectivity index (χ1n) is 6.96. The molecule has 0 spiro atoms. The van der Waals surface area contributed by atoms with E-state index in [4.69, 9.17) is 0 Å². The van der Waals surface area contributed by atoms with Gasteiger partial charge < -0.3 is 4.90 Å². The van der Waals surface area contributed by atoms with E-state index >= 15 is 0 Å². The summed E-state index contributed by atoms with van der Waals surface area (Å²) < 4.78 is 0. The Hall–Kier alpha value is -2.34. The van der Waals surface area contributed by atoms with Crippen LogP contribution in [0.15, 0.2) is 42.9 Å². The molecular weight excluding hydrogens is 264 g/mol. The summed E-state index contributed by atoms with van der Waals surface area (Å²) in [5, 5.41) is 14.4. The Kier molecular flexibility index (Phi) is 3.87. The van der Waals surface area contributed by atoms with Gasteiger partial charge in [0.1, 0.15) is 6.04 Å². The van der Waals surface area contributed by atoms with Gasteiger partial charge in [-0.2, -0.15) is 4.80 Å². The summed E-state index contributed by atoms with van der Waals surface area (Å²) in [7, 11) is 4.12. The molecule has 2 aromatic heterocycles. The van der Waals surface area contributed by atoms with Crippen LogP contribution in [0.1, 0.15) is 18.2 Å². The first-order chi connectivity index (χ1) is 10.3. The summed E-state index contributed by atoms with van der Waals surface area (Å²) >= 11 is 0. The highest BCUT2D eigenvalue weighted by Crippen LogP contribution is 2.26.